The first-order chi connectivity index (χ1) is 14.9. The molecule has 3 heterocycles. The van der Waals surface area contributed by atoms with Gasteiger partial charge in [0.05, 0.1) is 17.4 Å². The number of anilines is 2. The maximum atomic E-state index is 13.0. The Morgan fingerprint density at radius 2 is 1.94 bits per heavy atom. The van der Waals surface area contributed by atoms with Crippen LogP contribution in [0.25, 0.3) is 0 Å². The van der Waals surface area contributed by atoms with Gasteiger partial charge in [0.15, 0.2) is 0 Å². The van der Waals surface area contributed by atoms with Crippen LogP contribution in [-0.2, 0) is 9.59 Å². The van der Waals surface area contributed by atoms with Gasteiger partial charge in [0, 0.05) is 64.6 Å². The summed E-state index contributed by atoms with van der Waals surface area (Å²) in [6.07, 6.45) is 3.14. The van der Waals surface area contributed by atoms with Gasteiger partial charge in [0.2, 0.25) is 11.8 Å². The molecular weight excluding hydrogens is 392 g/mol. The zero-order valence-corrected chi connectivity index (χ0v) is 18.8. The third kappa shape index (κ3) is 4.09. The molecule has 0 radical (unpaired) electrons. The highest BCUT2D eigenvalue weighted by Gasteiger charge is 2.40. The quantitative estimate of drug-likeness (QED) is 0.756. The lowest BCUT2D eigenvalue weighted by Crippen LogP contribution is -2.51. The van der Waals surface area contributed by atoms with Crippen LogP contribution in [0.15, 0.2) is 18.2 Å². The Bertz CT molecular complexity index is 872. The van der Waals surface area contributed by atoms with Gasteiger partial charge >= 0.3 is 0 Å². The summed E-state index contributed by atoms with van der Waals surface area (Å²) in [5.41, 5.74) is 10.1. The lowest BCUT2D eigenvalue weighted by Gasteiger charge is -2.41. The number of hydrazine groups is 2. The molecule has 1 aromatic carbocycles. The van der Waals surface area contributed by atoms with Gasteiger partial charge < -0.3 is 9.80 Å². The van der Waals surface area contributed by atoms with Crippen LogP contribution in [0.1, 0.15) is 44.6 Å². The highest BCUT2D eigenvalue weighted by atomic mass is 16.2. The Morgan fingerprint density at radius 1 is 1.13 bits per heavy atom. The molecule has 0 aromatic heterocycles. The van der Waals surface area contributed by atoms with Gasteiger partial charge in [-0.3, -0.25) is 20.4 Å². The molecule has 0 spiro atoms. The third-order valence-electron chi connectivity index (χ3n) is 7.10. The van der Waals surface area contributed by atoms with Crippen LogP contribution in [0.3, 0.4) is 0 Å². The molecule has 8 nitrogen and oxygen atoms in total. The number of nitrogens with zero attached hydrogens (tertiary/aromatic N) is 4. The molecule has 2 saturated heterocycles. The fourth-order valence-electron chi connectivity index (χ4n) is 5.32. The second kappa shape index (κ2) is 8.16. The zero-order valence-electron chi connectivity index (χ0n) is 18.8. The summed E-state index contributed by atoms with van der Waals surface area (Å²) in [5.74, 6) is 0.777. The minimum atomic E-state index is -0.0146. The lowest BCUT2D eigenvalue weighted by molar-refractivity contribution is -0.120. The maximum Gasteiger partial charge on any atom is 0.230 e. The number of rotatable bonds is 4. The minimum Gasteiger partial charge on any atom is -0.308 e. The van der Waals surface area contributed by atoms with Crippen LogP contribution in [-0.4, -0.2) is 73.7 Å². The van der Waals surface area contributed by atoms with E-state index in [9.17, 15) is 9.59 Å². The predicted octanol–water partition coefficient (Wildman–Crippen LogP) is 1.30. The van der Waals surface area contributed by atoms with E-state index in [-0.39, 0.29) is 23.8 Å². The van der Waals surface area contributed by atoms with Crippen LogP contribution in [0.5, 0.6) is 0 Å². The Balaban J connectivity index is 1.37. The third-order valence-corrected chi connectivity index (χ3v) is 7.10. The Kier molecular flexibility index (Phi) is 5.50. The van der Waals surface area contributed by atoms with Gasteiger partial charge in [-0.25, -0.2) is 10.0 Å². The maximum absolute atomic E-state index is 13.0. The molecule has 5 rings (SSSR count). The first kappa shape index (κ1) is 20.9. The SMILES string of the molecule is CC(=O)N1c2ccc(C3CNN(CC4CCN(C)N4)C3)cc2N(C(=O)C2CC2)CC1C. The van der Waals surface area contributed by atoms with E-state index in [0.717, 1.165) is 56.8 Å². The Labute approximate surface area is 184 Å². The lowest BCUT2D eigenvalue weighted by atomic mass is 9.96. The second-order valence-electron chi connectivity index (χ2n) is 9.71. The molecule has 3 atom stereocenters. The van der Waals surface area contributed by atoms with Crippen molar-refractivity contribution in [2.45, 2.75) is 51.1 Å². The topological polar surface area (TPSA) is 71.2 Å². The summed E-state index contributed by atoms with van der Waals surface area (Å²) in [7, 11) is 2.09. The molecule has 1 saturated carbocycles. The number of carbonyl (C=O) groups excluding carboxylic acids is 2. The molecule has 1 aromatic rings. The van der Waals surface area contributed by atoms with E-state index in [1.807, 2.05) is 22.8 Å². The molecule has 8 heteroatoms. The van der Waals surface area contributed by atoms with Crippen molar-refractivity contribution >= 4 is 23.2 Å². The van der Waals surface area contributed by atoms with Crippen molar-refractivity contribution in [1.82, 2.24) is 20.9 Å². The first-order valence-corrected chi connectivity index (χ1v) is 11.6. The average molecular weight is 427 g/mol. The van der Waals surface area contributed by atoms with E-state index in [1.165, 1.54) is 5.56 Å². The van der Waals surface area contributed by atoms with Gasteiger partial charge in [0.1, 0.15) is 0 Å². The largest absolute Gasteiger partial charge is 0.308 e. The number of benzene rings is 1. The molecule has 2 N–H and O–H groups in total. The predicted molar refractivity (Wildman–Crippen MR) is 121 cm³/mol. The van der Waals surface area contributed by atoms with Crippen molar-refractivity contribution in [3.8, 4) is 0 Å². The second-order valence-corrected chi connectivity index (χ2v) is 9.71. The molecule has 3 fully saturated rings. The van der Waals surface area contributed by atoms with E-state index in [1.54, 1.807) is 6.92 Å². The number of fused-ring (bicyclic) bond motifs is 1. The normalized spacial score (nSPS) is 29.5. The van der Waals surface area contributed by atoms with Crippen LogP contribution in [0, 0.1) is 5.92 Å². The van der Waals surface area contributed by atoms with Gasteiger partial charge in [-0.1, -0.05) is 6.07 Å². The van der Waals surface area contributed by atoms with Crippen molar-refractivity contribution in [2.24, 2.45) is 5.92 Å². The minimum absolute atomic E-state index is 0.0146. The van der Waals surface area contributed by atoms with E-state index in [0.29, 0.717) is 18.5 Å². The summed E-state index contributed by atoms with van der Waals surface area (Å²) in [4.78, 5) is 29.2. The number of hydrogen-bond donors (Lipinski definition) is 2. The van der Waals surface area contributed by atoms with E-state index >= 15 is 0 Å². The van der Waals surface area contributed by atoms with Crippen molar-refractivity contribution in [1.29, 1.82) is 0 Å². The average Bonchev–Trinajstić information content (AvgIpc) is 3.36. The van der Waals surface area contributed by atoms with E-state index in [4.69, 9.17) is 0 Å². The summed E-state index contributed by atoms with van der Waals surface area (Å²) < 4.78 is 0. The monoisotopic (exact) mass is 426 g/mol. The summed E-state index contributed by atoms with van der Waals surface area (Å²) in [6.45, 7) is 8.12. The van der Waals surface area contributed by atoms with Crippen molar-refractivity contribution in [3.63, 3.8) is 0 Å². The van der Waals surface area contributed by atoms with Crippen molar-refractivity contribution < 1.29 is 9.59 Å². The fourth-order valence-corrected chi connectivity index (χ4v) is 5.32. The zero-order chi connectivity index (χ0) is 21.7. The summed E-state index contributed by atoms with van der Waals surface area (Å²) >= 11 is 0. The molecule has 4 aliphatic rings. The number of amides is 2. The molecule has 31 heavy (non-hydrogen) atoms. The van der Waals surface area contributed by atoms with Gasteiger partial charge in [-0.2, -0.15) is 0 Å². The van der Waals surface area contributed by atoms with Gasteiger partial charge in [0.25, 0.3) is 0 Å². The molecule has 1 aliphatic carbocycles. The first-order valence-electron chi connectivity index (χ1n) is 11.6. The molecule has 0 bridgehead atoms. The van der Waals surface area contributed by atoms with Gasteiger partial charge in [-0.05, 0) is 43.9 Å². The smallest absolute Gasteiger partial charge is 0.230 e. The Hall–Kier alpha value is -2.00. The van der Waals surface area contributed by atoms with Gasteiger partial charge in [-0.15, -0.1) is 0 Å². The van der Waals surface area contributed by atoms with Crippen LogP contribution in [0.4, 0.5) is 11.4 Å². The van der Waals surface area contributed by atoms with Crippen molar-refractivity contribution in [2.75, 3.05) is 49.6 Å². The molecule has 3 unspecified atom stereocenters. The molecule has 2 amide bonds. The number of nitrogens with one attached hydrogen (secondary N) is 2. The molecular formula is C23H34N6O2. The molecule has 168 valence electrons. The van der Waals surface area contributed by atoms with E-state index in [2.05, 4.69) is 40.0 Å². The standard InChI is InChI=1S/C23H34N6O2/c1-15-12-28(23(31)17-4-5-17)22-10-18(6-7-21(22)29(15)16(2)30)19-11-24-27(13-19)14-20-8-9-26(3)25-20/h6-7,10,15,17,19-20,24-25H,4-5,8-9,11-14H2,1-3H3. The highest BCUT2D eigenvalue weighted by Crippen LogP contribution is 2.41. The highest BCUT2D eigenvalue weighted by molar-refractivity contribution is 6.05. The summed E-state index contributed by atoms with van der Waals surface area (Å²) in [5, 5.41) is 4.48. The van der Waals surface area contributed by atoms with E-state index < -0.39 is 0 Å². The van der Waals surface area contributed by atoms with Crippen LogP contribution >= 0.6 is 0 Å². The van der Waals surface area contributed by atoms with Crippen LogP contribution in [0.2, 0.25) is 0 Å². The molecule has 3 aliphatic heterocycles. The fraction of sp³-hybridized carbons (Fsp3) is 0.652. The van der Waals surface area contributed by atoms with Crippen molar-refractivity contribution in [3.05, 3.63) is 23.8 Å². The number of carbonyl (C=O) groups is 2. The number of hydrogen-bond acceptors (Lipinski definition) is 6. The van der Waals surface area contributed by atoms with Crippen LogP contribution < -0.4 is 20.7 Å². The Morgan fingerprint density at radius 3 is 2.61 bits per heavy atom. The summed E-state index contributed by atoms with van der Waals surface area (Å²) in [6, 6.07) is 6.82.